The molecule has 1 aromatic heterocycles. The summed E-state index contributed by atoms with van der Waals surface area (Å²) in [6, 6.07) is -0.206. The molecule has 0 aliphatic rings. The fraction of sp³-hybridized carbons (Fsp3) is 0.667. The van der Waals surface area contributed by atoms with Gasteiger partial charge in [0.2, 0.25) is 0 Å². The SMILES string of the molecule is CCCCC(NCc1cnc(C)s1)C(=O)OC. The lowest BCUT2D eigenvalue weighted by molar-refractivity contribution is -0.143. The maximum absolute atomic E-state index is 11.5. The van der Waals surface area contributed by atoms with Gasteiger partial charge in [-0.05, 0) is 13.3 Å². The molecular weight excluding hydrogens is 236 g/mol. The zero-order chi connectivity index (χ0) is 12.7. The van der Waals surface area contributed by atoms with E-state index in [4.69, 9.17) is 4.74 Å². The first-order valence-electron chi connectivity index (χ1n) is 5.90. The van der Waals surface area contributed by atoms with Crippen LogP contribution in [0.4, 0.5) is 0 Å². The zero-order valence-corrected chi connectivity index (χ0v) is 11.5. The van der Waals surface area contributed by atoms with Gasteiger partial charge in [-0.25, -0.2) is 4.98 Å². The third-order valence-corrected chi connectivity index (χ3v) is 3.44. The van der Waals surface area contributed by atoms with Crippen LogP contribution in [0.25, 0.3) is 0 Å². The molecule has 0 amide bonds. The van der Waals surface area contributed by atoms with Crippen molar-refractivity contribution in [1.82, 2.24) is 10.3 Å². The van der Waals surface area contributed by atoms with Gasteiger partial charge in [0.05, 0.1) is 12.1 Å². The minimum atomic E-state index is -0.206. The van der Waals surface area contributed by atoms with E-state index in [1.807, 2.05) is 13.1 Å². The number of aryl methyl sites for hydroxylation is 1. The molecule has 1 heterocycles. The highest BCUT2D eigenvalue weighted by atomic mass is 32.1. The second kappa shape index (κ2) is 7.40. The molecule has 1 N–H and O–H groups in total. The minimum absolute atomic E-state index is 0.181. The molecule has 0 bridgehead atoms. The number of unbranched alkanes of at least 4 members (excludes halogenated alkanes) is 1. The Kier molecular flexibility index (Phi) is 6.15. The third kappa shape index (κ3) is 4.83. The van der Waals surface area contributed by atoms with Gasteiger partial charge in [0.25, 0.3) is 0 Å². The lowest BCUT2D eigenvalue weighted by Gasteiger charge is -2.15. The van der Waals surface area contributed by atoms with Crippen LogP contribution in [-0.2, 0) is 16.1 Å². The average Bonchev–Trinajstić information content (AvgIpc) is 2.74. The third-order valence-electron chi connectivity index (χ3n) is 2.52. The Hall–Kier alpha value is -0.940. The summed E-state index contributed by atoms with van der Waals surface area (Å²) >= 11 is 1.65. The quantitative estimate of drug-likeness (QED) is 0.760. The van der Waals surface area contributed by atoms with Gasteiger partial charge >= 0.3 is 5.97 Å². The van der Waals surface area contributed by atoms with Crippen molar-refractivity contribution >= 4 is 17.3 Å². The summed E-state index contributed by atoms with van der Waals surface area (Å²) in [6.45, 7) is 4.76. The summed E-state index contributed by atoms with van der Waals surface area (Å²) in [7, 11) is 1.43. The fourth-order valence-corrected chi connectivity index (χ4v) is 2.31. The standard InChI is InChI=1S/C12H20N2O2S/c1-4-5-6-11(12(15)16-3)14-8-10-7-13-9(2)17-10/h7,11,14H,4-6,8H2,1-3H3. The number of rotatable bonds is 7. The van der Waals surface area contributed by atoms with Gasteiger partial charge < -0.3 is 4.74 Å². The van der Waals surface area contributed by atoms with E-state index in [9.17, 15) is 4.79 Å². The maximum Gasteiger partial charge on any atom is 0.322 e. The first kappa shape index (κ1) is 14.1. The Bertz CT molecular complexity index is 352. The van der Waals surface area contributed by atoms with Gasteiger partial charge in [0, 0.05) is 17.6 Å². The highest BCUT2D eigenvalue weighted by Crippen LogP contribution is 2.12. The van der Waals surface area contributed by atoms with Gasteiger partial charge in [0.15, 0.2) is 0 Å². The van der Waals surface area contributed by atoms with Gasteiger partial charge in [-0.2, -0.15) is 0 Å². The number of esters is 1. The smallest absolute Gasteiger partial charge is 0.322 e. The van der Waals surface area contributed by atoms with Crippen LogP contribution in [0.15, 0.2) is 6.20 Å². The van der Waals surface area contributed by atoms with Crippen molar-refractivity contribution in [3.05, 3.63) is 16.1 Å². The number of thiazole rings is 1. The minimum Gasteiger partial charge on any atom is -0.468 e. The molecule has 1 atom stereocenters. The average molecular weight is 256 g/mol. The highest BCUT2D eigenvalue weighted by molar-refractivity contribution is 7.11. The number of ether oxygens (including phenoxy) is 1. The van der Waals surface area contributed by atoms with E-state index in [1.54, 1.807) is 11.3 Å². The number of nitrogens with zero attached hydrogens (tertiary/aromatic N) is 1. The Morgan fingerprint density at radius 1 is 1.65 bits per heavy atom. The molecule has 4 nitrogen and oxygen atoms in total. The molecule has 0 radical (unpaired) electrons. The molecular formula is C12H20N2O2S. The van der Waals surface area contributed by atoms with Crippen molar-refractivity contribution in [2.24, 2.45) is 0 Å². The fourth-order valence-electron chi connectivity index (χ4n) is 1.56. The van der Waals surface area contributed by atoms with E-state index in [1.165, 1.54) is 7.11 Å². The molecule has 5 heteroatoms. The Morgan fingerprint density at radius 2 is 2.41 bits per heavy atom. The second-order valence-corrected chi connectivity index (χ2v) is 5.26. The topological polar surface area (TPSA) is 51.2 Å². The van der Waals surface area contributed by atoms with E-state index in [0.29, 0.717) is 6.54 Å². The first-order chi connectivity index (χ1) is 8.17. The predicted molar refractivity (Wildman–Crippen MR) is 69.0 cm³/mol. The van der Waals surface area contributed by atoms with Crippen LogP contribution in [0, 0.1) is 6.92 Å². The molecule has 96 valence electrons. The Labute approximate surface area is 106 Å². The van der Waals surface area contributed by atoms with Gasteiger partial charge in [-0.15, -0.1) is 11.3 Å². The number of carbonyl (C=O) groups excluding carboxylic acids is 1. The lowest BCUT2D eigenvalue weighted by atomic mass is 10.1. The van der Waals surface area contributed by atoms with Gasteiger partial charge in [-0.1, -0.05) is 19.8 Å². The Balaban J connectivity index is 2.45. The predicted octanol–water partition coefficient (Wildman–Crippen LogP) is 2.27. The number of carbonyl (C=O) groups is 1. The van der Waals surface area contributed by atoms with Crippen molar-refractivity contribution in [1.29, 1.82) is 0 Å². The molecule has 0 saturated heterocycles. The number of nitrogens with one attached hydrogen (secondary N) is 1. The summed E-state index contributed by atoms with van der Waals surface area (Å²) in [5.41, 5.74) is 0. The largest absolute Gasteiger partial charge is 0.468 e. The van der Waals surface area contributed by atoms with E-state index < -0.39 is 0 Å². The molecule has 17 heavy (non-hydrogen) atoms. The van der Waals surface area contributed by atoms with Crippen LogP contribution in [0.3, 0.4) is 0 Å². The van der Waals surface area contributed by atoms with Crippen LogP contribution in [-0.4, -0.2) is 24.1 Å². The summed E-state index contributed by atoms with van der Waals surface area (Å²) in [5, 5.41) is 4.28. The van der Waals surface area contributed by atoms with Crippen LogP contribution in [0.2, 0.25) is 0 Å². The zero-order valence-electron chi connectivity index (χ0n) is 10.7. The number of methoxy groups -OCH3 is 1. The van der Waals surface area contributed by atoms with E-state index in [0.717, 1.165) is 29.1 Å². The van der Waals surface area contributed by atoms with E-state index in [2.05, 4.69) is 17.2 Å². The number of hydrogen-bond acceptors (Lipinski definition) is 5. The lowest BCUT2D eigenvalue weighted by Crippen LogP contribution is -2.37. The second-order valence-electron chi connectivity index (χ2n) is 3.94. The molecule has 0 aliphatic heterocycles. The molecule has 1 rings (SSSR count). The highest BCUT2D eigenvalue weighted by Gasteiger charge is 2.17. The first-order valence-corrected chi connectivity index (χ1v) is 6.71. The van der Waals surface area contributed by atoms with Crippen molar-refractivity contribution in [3.63, 3.8) is 0 Å². The number of aromatic nitrogens is 1. The monoisotopic (exact) mass is 256 g/mol. The van der Waals surface area contributed by atoms with Crippen molar-refractivity contribution in [3.8, 4) is 0 Å². The molecule has 1 aromatic rings. The summed E-state index contributed by atoms with van der Waals surface area (Å²) in [6.07, 6.45) is 4.77. The molecule has 1 unspecified atom stereocenters. The van der Waals surface area contributed by atoms with Crippen molar-refractivity contribution < 1.29 is 9.53 Å². The van der Waals surface area contributed by atoms with Crippen molar-refractivity contribution in [2.45, 2.75) is 45.7 Å². The normalized spacial score (nSPS) is 12.4. The molecule has 0 aromatic carbocycles. The van der Waals surface area contributed by atoms with Crippen LogP contribution < -0.4 is 5.32 Å². The van der Waals surface area contributed by atoms with Gasteiger partial charge in [0.1, 0.15) is 6.04 Å². The molecule has 0 aliphatic carbocycles. The molecule has 0 spiro atoms. The van der Waals surface area contributed by atoms with Crippen LogP contribution >= 0.6 is 11.3 Å². The summed E-state index contributed by atoms with van der Waals surface area (Å²) < 4.78 is 4.79. The van der Waals surface area contributed by atoms with Crippen molar-refractivity contribution in [2.75, 3.05) is 7.11 Å². The van der Waals surface area contributed by atoms with Crippen LogP contribution in [0.1, 0.15) is 36.1 Å². The van der Waals surface area contributed by atoms with E-state index in [-0.39, 0.29) is 12.0 Å². The summed E-state index contributed by atoms with van der Waals surface area (Å²) in [5.74, 6) is -0.181. The number of hydrogen-bond donors (Lipinski definition) is 1. The molecule has 0 fully saturated rings. The van der Waals surface area contributed by atoms with E-state index >= 15 is 0 Å². The molecule has 0 saturated carbocycles. The van der Waals surface area contributed by atoms with Crippen LogP contribution in [0.5, 0.6) is 0 Å². The summed E-state index contributed by atoms with van der Waals surface area (Å²) in [4.78, 5) is 16.9. The van der Waals surface area contributed by atoms with Gasteiger partial charge in [-0.3, -0.25) is 10.1 Å². The Morgan fingerprint density at radius 3 is 2.94 bits per heavy atom. The maximum atomic E-state index is 11.5.